The second-order valence-corrected chi connectivity index (χ2v) is 6.94. The van der Waals surface area contributed by atoms with Gasteiger partial charge in [0.25, 0.3) is 0 Å². The minimum Gasteiger partial charge on any atom is -0.497 e. The van der Waals surface area contributed by atoms with E-state index in [2.05, 4.69) is 15.2 Å². The van der Waals surface area contributed by atoms with Crippen LogP contribution in [0.2, 0.25) is 0 Å². The molecule has 146 valence electrons. The van der Waals surface area contributed by atoms with Crippen molar-refractivity contribution in [1.29, 1.82) is 0 Å². The fraction of sp³-hybridized carbons (Fsp3) is 0.273. The maximum atomic E-state index is 13.0. The number of methoxy groups -OCH3 is 1. The van der Waals surface area contributed by atoms with Gasteiger partial charge < -0.3 is 19.9 Å². The summed E-state index contributed by atoms with van der Waals surface area (Å²) < 4.78 is 5.30. The third-order valence-corrected chi connectivity index (χ3v) is 4.50. The van der Waals surface area contributed by atoms with Crippen LogP contribution in [-0.4, -0.2) is 55.1 Å². The van der Waals surface area contributed by atoms with Gasteiger partial charge in [-0.25, -0.2) is 4.79 Å². The fourth-order valence-electron chi connectivity index (χ4n) is 2.93. The number of ether oxygens (including phenoxy) is 1. The van der Waals surface area contributed by atoms with Crippen LogP contribution in [0.1, 0.15) is 5.56 Å². The van der Waals surface area contributed by atoms with Crippen LogP contribution in [0.15, 0.2) is 60.9 Å². The van der Waals surface area contributed by atoms with Crippen LogP contribution in [0.5, 0.6) is 5.75 Å². The predicted molar refractivity (Wildman–Crippen MR) is 113 cm³/mol. The van der Waals surface area contributed by atoms with E-state index >= 15 is 0 Å². The molecule has 0 spiro atoms. The quantitative estimate of drug-likeness (QED) is 0.679. The SMILES string of the molecule is COc1cccc(CN(CCN(C)C)C(=O)Nc2ccc3cnccc3c2)c1. The average molecular weight is 378 g/mol. The average Bonchev–Trinajstić information content (AvgIpc) is 2.71. The molecule has 6 nitrogen and oxygen atoms in total. The van der Waals surface area contributed by atoms with Crippen molar-refractivity contribution in [2.45, 2.75) is 6.54 Å². The lowest BCUT2D eigenvalue weighted by Gasteiger charge is -2.25. The van der Waals surface area contributed by atoms with E-state index in [1.807, 2.05) is 73.7 Å². The lowest BCUT2D eigenvalue weighted by Crippen LogP contribution is -2.39. The molecule has 2 amide bonds. The molecule has 0 saturated carbocycles. The van der Waals surface area contributed by atoms with Crippen LogP contribution in [0.3, 0.4) is 0 Å². The molecule has 0 aliphatic carbocycles. The van der Waals surface area contributed by atoms with Crippen molar-refractivity contribution < 1.29 is 9.53 Å². The second kappa shape index (κ2) is 9.19. The summed E-state index contributed by atoms with van der Waals surface area (Å²) in [7, 11) is 5.64. The standard InChI is InChI=1S/C22H26N4O2/c1-25(2)11-12-26(16-17-5-4-6-21(13-17)28-3)22(27)24-20-8-7-19-15-23-10-9-18(19)14-20/h4-10,13-15H,11-12,16H2,1-3H3,(H,24,27). The highest BCUT2D eigenvalue weighted by atomic mass is 16.5. The highest BCUT2D eigenvalue weighted by Gasteiger charge is 2.15. The Bertz CT molecular complexity index is 942. The molecule has 1 aromatic heterocycles. The Morgan fingerprint density at radius 2 is 1.93 bits per heavy atom. The zero-order valence-corrected chi connectivity index (χ0v) is 16.6. The molecule has 0 bridgehead atoms. The zero-order valence-electron chi connectivity index (χ0n) is 16.6. The monoisotopic (exact) mass is 378 g/mol. The fourth-order valence-corrected chi connectivity index (χ4v) is 2.93. The number of anilines is 1. The summed E-state index contributed by atoms with van der Waals surface area (Å²) in [5.74, 6) is 0.786. The summed E-state index contributed by atoms with van der Waals surface area (Å²) in [4.78, 5) is 21.0. The number of aromatic nitrogens is 1. The first kappa shape index (κ1) is 19.6. The molecule has 0 fully saturated rings. The van der Waals surface area contributed by atoms with E-state index in [0.29, 0.717) is 13.1 Å². The summed E-state index contributed by atoms with van der Waals surface area (Å²) in [5.41, 5.74) is 1.79. The molecule has 3 rings (SSSR count). The van der Waals surface area contributed by atoms with Gasteiger partial charge in [-0.1, -0.05) is 18.2 Å². The number of rotatable bonds is 7. The molecule has 6 heteroatoms. The minimum atomic E-state index is -0.127. The van der Waals surface area contributed by atoms with Gasteiger partial charge in [0.15, 0.2) is 0 Å². The molecule has 3 aromatic rings. The third kappa shape index (κ3) is 5.20. The van der Waals surface area contributed by atoms with Crippen LogP contribution in [0, 0.1) is 0 Å². The zero-order chi connectivity index (χ0) is 19.9. The molecule has 0 aliphatic rings. The number of pyridine rings is 1. The molecule has 0 unspecified atom stereocenters. The van der Waals surface area contributed by atoms with Crippen LogP contribution in [0.25, 0.3) is 10.8 Å². The number of benzene rings is 2. The van der Waals surface area contributed by atoms with Gasteiger partial charge in [-0.2, -0.15) is 0 Å². The molecular formula is C22H26N4O2. The number of nitrogens with zero attached hydrogens (tertiary/aromatic N) is 3. The maximum absolute atomic E-state index is 13.0. The summed E-state index contributed by atoms with van der Waals surface area (Å²) in [6, 6.07) is 15.4. The van der Waals surface area contributed by atoms with Gasteiger partial charge in [0, 0.05) is 43.1 Å². The lowest BCUT2D eigenvalue weighted by atomic mass is 10.1. The Balaban J connectivity index is 1.76. The lowest BCUT2D eigenvalue weighted by molar-refractivity contribution is 0.202. The van der Waals surface area contributed by atoms with Crippen molar-refractivity contribution in [3.05, 3.63) is 66.5 Å². The highest BCUT2D eigenvalue weighted by molar-refractivity contribution is 5.93. The normalized spacial score (nSPS) is 10.9. The topological polar surface area (TPSA) is 57.7 Å². The van der Waals surface area contributed by atoms with Crippen LogP contribution in [0.4, 0.5) is 10.5 Å². The summed E-state index contributed by atoms with van der Waals surface area (Å²) in [6.45, 7) is 1.91. The van der Waals surface area contributed by atoms with E-state index in [9.17, 15) is 4.79 Å². The van der Waals surface area contributed by atoms with Crippen molar-refractivity contribution >= 4 is 22.5 Å². The number of carbonyl (C=O) groups is 1. The number of hydrogen-bond donors (Lipinski definition) is 1. The maximum Gasteiger partial charge on any atom is 0.322 e. The summed E-state index contributed by atoms with van der Waals surface area (Å²) in [6.07, 6.45) is 3.56. The summed E-state index contributed by atoms with van der Waals surface area (Å²) in [5, 5.41) is 5.11. The summed E-state index contributed by atoms with van der Waals surface area (Å²) >= 11 is 0. The first-order valence-corrected chi connectivity index (χ1v) is 9.22. The van der Waals surface area contributed by atoms with Gasteiger partial charge in [-0.3, -0.25) is 4.98 Å². The van der Waals surface area contributed by atoms with E-state index in [1.165, 1.54) is 0 Å². The Kier molecular flexibility index (Phi) is 6.45. The van der Waals surface area contributed by atoms with Gasteiger partial charge in [-0.05, 0) is 55.4 Å². The molecule has 0 saturated heterocycles. The highest BCUT2D eigenvalue weighted by Crippen LogP contribution is 2.19. The number of hydrogen-bond acceptors (Lipinski definition) is 4. The first-order chi connectivity index (χ1) is 13.5. The van der Waals surface area contributed by atoms with E-state index in [-0.39, 0.29) is 6.03 Å². The van der Waals surface area contributed by atoms with E-state index < -0.39 is 0 Å². The minimum absolute atomic E-state index is 0.127. The Morgan fingerprint density at radius 3 is 2.71 bits per heavy atom. The first-order valence-electron chi connectivity index (χ1n) is 9.22. The van der Waals surface area contributed by atoms with Crippen LogP contribution < -0.4 is 10.1 Å². The van der Waals surface area contributed by atoms with Gasteiger partial charge in [0.05, 0.1) is 7.11 Å². The molecule has 0 aliphatic heterocycles. The number of fused-ring (bicyclic) bond motifs is 1. The Morgan fingerprint density at radius 1 is 1.07 bits per heavy atom. The molecule has 0 radical (unpaired) electrons. The molecule has 2 aromatic carbocycles. The van der Waals surface area contributed by atoms with Gasteiger partial charge in [0.2, 0.25) is 0 Å². The van der Waals surface area contributed by atoms with Crippen molar-refractivity contribution in [3.8, 4) is 5.75 Å². The number of amides is 2. The molecule has 1 N–H and O–H groups in total. The Labute approximate surface area is 165 Å². The van der Waals surface area contributed by atoms with Crippen molar-refractivity contribution in [2.75, 3.05) is 39.6 Å². The van der Waals surface area contributed by atoms with E-state index in [1.54, 1.807) is 13.3 Å². The molecule has 0 atom stereocenters. The van der Waals surface area contributed by atoms with Crippen molar-refractivity contribution in [3.63, 3.8) is 0 Å². The van der Waals surface area contributed by atoms with E-state index in [0.717, 1.165) is 34.3 Å². The van der Waals surface area contributed by atoms with Crippen LogP contribution >= 0.6 is 0 Å². The second-order valence-electron chi connectivity index (χ2n) is 6.94. The van der Waals surface area contributed by atoms with Crippen LogP contribution in [-0.2, 0) is 6.54 Å². The molecule has 1 heterocycles. The van der Waals surface area contributed by atoms with Gasteiger partial charge in [-0.15, -0.1) is 0 Å². The molecular weight excluding hydrogens is 352 g/mol. The number of nitrogens with one attached hydrogen (secondary N) is 1. The van der Waals surface area contributed by atoms with Crippen molar-refractivity contribution in [2.24, 2.45) is 0 Å². The smallest absolute Gasteiger partial charge is 0.322 e. The number of likely N-dealkylation sites (N-methyl/N-ethyl adjacent to an activating group) is 1. The van der Waals surface area contributed by atoms with E-state index in [4.69, 9.17) is 4.74 Å². The van der Waals surface area contributed by atoms with Crippen molar-refractivity contribution in [1.82, 2.24) is 14.8 Å². The largest absolute Gasteiger partial charge is 0.497 e. The van der Waals surface area contributed by atoms with Gasteiger partial charge in [0.1, 0.15) is 5.75 Å². The number of carbonyl (C=O) groups excluding carboxylic acids is 1. The molecule has 28 heavy (non-hydrogen) atoms. The third-order valence-electron chi connectivity index (χ3n) is 4.50. The Hall–Kier alpha value is -3.12. The van der Waals surface area contributed by atoms with Gasteiger partial charge >= 0.3 is 6.03 Å². The number of urea groups is 1. The predicted octanol–water partition coefficient (Wildman–Crippen LogP) is 3.84.